The van der Waals surface area contributed by atoms with Crippen LogP contribution in [-0.2, 0) is 19.6 Å². The Kier molecular flexibility index (Phi) is 6.75. The highest BCUT2D eigenvalue weighted by Crippen LogP contribution is 2.28. The van der Waals surface area contributed by atoms with Crippen molar-refractivity contribution in [3.8, 4) is 0 Å². The molecule has 2 aliphatic rings. The zero-order valence-electron chi connectivity index (χ0n) is 14.1. The number of carbonyl (C=O) groups excluding carboxylic acids is 1. The number of amides is 1. The van der Waals surface area contributed by atoms with Gasteiger partial charge in [-0.05, 0) is 18.2 Å². The number of hydrogen-bond donors (Lipinski definition) is 2. The van der Waals surface area contributed by atoms with Gasteiger partial charge in [-0.1, -0.05) is 6.07 Å². The van der Waals surface area contributed by atoms with Gasteiger partial charge in [-0.15, -0.1) is 0 Å². The van der Waals surface area contributed by atoms with E-state index in [-0.39, 0.29) is 13.2 Å². The molecule has 0 saturated carbocycles. The van der Waals surface area contributed by atoms with E-state index in [1.165, 1.54) is 4.90 Å². The largest absolute Gasteiger partial charge is 0.441 e. The molecule has 2 saturated heterocycles. The van der Waals surface area contributed by atoms with Gasteiger partial charge in [0.25, 0.3) is 10.1 Å². The topological polar surface area (TPSA) is 117 Å². The molecule has 1 aromatic carbocycles. The third-order valence-electron chi connectivity index (χ3n) is 3.62. The van der Waals surface area contributed by atoms with E-state index < -0.39 is 28.6 Å². The Morgan fingerprint density at radius 3 is 2.58 bits per heavy atom. The summed E-state index contributed by atoms with van der Waals surface area (Å²) in [6.45, 7) is 1.07. The van der Waals surface area contributed by atoms with Crippen LogP contribution >= 0.6 is 0 Å². The number of halogens is 1. The minimum absolute atomic E-state index is 0.0442. The van der Waals surface area contributed by atoms with Crippen molar-refractivity contribution < 1.29 is 36.7 Å². The Labute approximate surface area is 150 Å². The van der Waals surface area contributed by atoms with E-state index in [2.05, 4.69) is 0 Å². The van der Waals surface area contributed by atoms with Crippen molar-refractivity contribution in [3.05, 3.63) is 24.3 Å². The molecule has 0 spiro atoms. The number of hydrogen-bond acceptors (Lipinski definition) is 7. The number of aliphatic hydroxyl groups is 1. The fourth-order valence-electron chi connectivity index (χ4n) is 2.53. The molecule has 2 atom stereocenters. The lowest BCUT2D eigenvalue weighted by Crippen LogP contribution is -2.43. The normalized spacial score (nSPS) is 23.3. The molecule has 0 radical (unpaired) electrons. The molecule has 11 heteroatoms. The summed E-state index contributed by atoms with van der Waals surface area (Å²) in [4.78, 5) is 14.8. The van der Waals surface area contributed by atoms with Crippen LogP contribution in [0.1, 0.15) is 0 Å². The number of aliphatic hydroxyl groups excluding tert-OH is 1. The van der Waals surface area contributed by atoms with Gasteiger partial charge in [0.2, 0.25) is 0 Å². The highest BCUT2D eigenvalue weighted by atomic mass is 32.2. The van der Waals surface area contributed by atoms with E-state index in [1.54, 1.807) is 29.2 Å². The van der Waals surface area contributed by atoms with E-state index in [9.17, 15) is 17.6 Å². The lowest BCUT2D eigenvalue weighted by atomic mass is 10.2. The SMILES string of the molecule is CS(=O)(=O)O.O=C1O[C@@H](CO)CN1c1cccc(N2CCOCC2F)c1. The van der Waals surface area contributed by atoms with Crippen LogP contribution in [0, 0.1) is 0 Å². The van der Waals surface area contributed by atoms with Gasteiger partial charge in [0, 0.05) is 17.9 Å². The summed E-state index contributed by atoms with van der Waals surface area (Å²) >= 11 is 0. The number of morpholine rings is 1. The number of rotatable bonds is 3. The number of anilines is 2. The lowest BCUT2D eigenvalue weighted by molar-refractivity contribution is 0.0497. The van der Waals surface area contributed by atoms with Gasteiger partial charge in [-0.25, -0.2) is 9.18 Å². The first-order valence-corrected chi connectivity index (χ1v) is 9.64. The predicted molar refractivity (Wildman–Crippen MR) is 91.7 cm³/mol. The van der Waals surface area contributed by atoms with Crippen molar-refractivity contribution in [2.24, 2.45) is 0 Å². The fourth-order valence-corrected chi connectivity index (χ4v) is 2.53. The first-order chi connectivity index (χ1) is 12.2. The van der Waals surface area contributed by atoms with Gasteiger partial charge in [0.1, 0.15) is 6.10 Å². The molecule has 3 rings (SSSR count). The third-order valence-corrected chi connectivity index (χ3v) is 3.62. The summed E-state index contributed by atoms with van der Waals surface area (Å²) in [6.07, 6.45) is -1.49. The molecule has 0 bridgehead atoms. The minimum Gasteiger partial charge on any atom is -0.441 e. The van der Waals surface area contributed by atoms with E-state index in [4.69, 9.17) is 19.1 Å². The Balaban J connectivity index is 0.000000431. The van der Waals surface area contributed by atoms with Crippen LogP contribution in [0.3, 0.4) is 0 Å². The van der Waals surface area contributed by atoms with Gasteiger partial charge in [0.05, 0.1) is 32.6 Å². The summed E-state index contributed by atoms with van der Waals surface area (Å²) in [6, 6.07) is 7.08. The molecule has 146 valence electrons. The standard InChI is InChI=1S/C14H17FN2O4.CH4O3S/c15-13-9-20-5-4-16(13)10-2-1-3-11(6-10)17-7-12(8-18)21-14(17)19;1-5(2,3)4/h1-3,6,12-13,18H,4-5,7-9H2;1H3,(H,2,3,4)/t12-,13?;/m1./s1. The van der Waals surface area contributed by atoms with Crippen LogP contribution in [0.25, 0.3) is 0 Å². The highest BCUT2D eigenvalue weighted by Gasteiger charge is 2.32. The average molecular weight is 392 g/mol. The van der Waals surface area contributed by atoms with Crippen molar-refractivity contribution in [1.29, 1.82) is 0 Å². The van der Waals surface area contributed by atoms with Gasteiger partial charge < -0.3 is 19.5 Å². The van der Waals surface area contributed by atoms with Crippen molar-refractivity contribution in [2.75, 3.05) is 49.0 Å². The number of alkyl halides is 1. The summed E-state index contributed by atoms with van der Waals surface area (Å²) in [5.74, 6) is 0. The van der Waals surface area contributed by atoms with Crippen LogP contribution in [0.2, 0.25) is 0 Å². The number of carbonyl (C=O) groups is 1. The van der Waals surface area contributed by atoms with Crippen LogP contribution in [0.15, 0.2) is 24.3 Å². The number of benzene rings is 1. The lowest BCUT2D eigenvalue weighted by Gasteiger charge is -2.32. The number of nitrogens with zero attached hydrogens (tertiary/aromatic N) is 2. The van der Waals surface area contributed by atoms with E-state index in [0.717, 1.165) is 0 Å². The quantitative estimate of drug-likeness (QED) is 0.569. The second-order valence-electron chi connectivity index (χ2n) is 5.75. The molecule has 26 heavy (non-hydrogen) atoms. The van der Waals surface area contributed by atoms with Crippen molar-refractivity contribution >= 4 is 27.6 Å². The van der Waals surface area contributed by atoms with Crippen molar-refractivity contribution in [1.82, 2.24) is 0 Å². The second kappa shape index (κ2) is 8.62. The molecule has 0 aromatic heterocycles. The summed E-state index contributed by atoms with van der Waals surface area (Å²) in [7, 11) is -3.67. The Morgan fingerprint density at radius 1 is 1.35 bits per heavy atom. The van der Waals surface area contributed by atoms with Crippen LogP contribution in [-0.4, -0.2) is 75.7 Å². The molecular formula is C15H21FN2O7S. The maximum absolute atomic E-state index is 13.9. The monoisotopic (exact) mass is 392 g/mol. The number of ether oxygens (including phenoxy) is 2. The Morgan fingerprint density at radius 2 is 2.00 bits per heavy atom. The maximum Gasteiger partial charge on any atom is 0.414 e. The second-order valence-corrected chi connectivity index (χ2v) is 7.22. The highest BCUT2D eigenvalue weighted by molar-refractivity contribution is 7.85. The van der Waals surface area contributed by atoms with Gasteiger partial charge in [-0.2, -0.15) is 8.42 Å². The molecule has 0 aliphatic carbocycles. The van der Waals surface area contributed by atoms with Crippen LogP contribution in [0.4, 0.5) is 20.6 Å². The molecule has 1 unspecified atom stereocenters. The predicted octanol–water partition coefficient (Wildman–Crippen LogP) is 0.640. The molecule has 2 aliphatic heterocycles. The maximum atomic E-state index is 13.9. The molecule has 1 aromatic rings. The molecule has 1 amide bonds. The zero-order chi connectivity index (χ0) is 19.3. The third kappa shape index (κ3) is 5.80. The van der Waals surface area contributed by atoms with Crippen molar-refractivity contribution in [3.63, 3.8) is 0 Å². The van der Waals surface area contributed by atoms with E-state index in [1.807, 2.05) is 0 Å². The summed E-state index contributed by atoms with van der Waals surface area (Å²) < 4.78 is 49.9. The van der Waals surface area contributed by atoms with Crippen molar-refractivity contribution in [2.45, 2.75) is 12.4 Å². The Hall–Kier alpha value is -1.95. The summed E-state index contributed by atoms with van der Waals surface area (Å²) in [5.41, 5.74) is 1.33. The average Bonchev–Trinajstić information content (AvgIpc) is 2.95. The molecule has 2 heterocycles. The zero-order valence-corrected chi connectivity index (χ0v) is 14.9. The molecular weight excluding hydrogens is 371 g/mol. The van der Waals surface area contributed by atoms with E-state index >= 15 is 0 Å². The van der Waals surface area contributed by atoms with Crippen LogP contribution in [0.5, 0.6) is 0 Å². The fraction of sp³-hybridized carbons (Fsp3) is 0.533. The van der Waals surface area contributed by atoms with Gasteiger partial charge >= 0.3 is 6.09 Å². The Bertz CT molecular complexity index is 722. The van der Waals surface area contributed by atoms with Crippen LogP contribution < -0.4 is 9.80 Å². The first-order valence-electron chi connectivity index (χ1n) is 7.79. The first kappa shape index (κ1) is 20.4. The smallest absolute Gasteiger partial charge is 0.414 e. The minimum atomic E-state index is -3.67. The molecule has 2 fully saturated rings. The van der Waals surface area contributed by atoms with Gasteiger partial charge in [-0.3, -0.25) is 9.45 Å². The molecule has 2 N–H and O–H groups in total. The summed E-state index contributed by atoms with van der Waals surface area (Å²) in [5, 5.41) is 9.07. The van der Waals surface area contributed by atoms with Gasteiger partial charge in [0.15, 0.2) is 6.30 Å². The molecule has 9 nitrogen and oxygen atoms in total. The van der Waals surface area contributed by atoms with E-state index in [0.29, 0.717) is 37.3 Å². The number of cyclic esters (lactones) is 1.